The molecule has 1 N–H and O–H groups in total. The molecule has 1 saturated heterocycles. The Hall–Kier alpha value is -1.44. The molecule has 1 atom stereocenters. The topological polar surface area (TPSA) is 69.7 Å². The first-order chi connectivity index (χ1) is 13.1. The van der Waals surface area contributed by atoms with Gasteiger partial charge in [0.25, 0.3) is 0 Å². The fourth-order valence-corrected chi connectivity index (χ4v) is 6.01. The van der Waals surface area contributed by atoms with E-state index in [0.29, 0.717) is 37.1 Å². The van der Waals surface area contributed by atoms with Gasteiger partial charge < -0.3 is 5.32 Å². The van der Waals surface area contributed by atoms with Crippen molar-refractivity contribution in [3.05, 3.63) is 27.8 Å². The van der Waals surface area contributed by atoms with Gasteiger partial charge in [0.05, 0.1) is 10.9 Å². The zero-order valence-corrected chi connectivity index (χ0v) is 18.7. The predicted octanol–water partition coefficient (Wildman–Crippen LogP) is 2.20. The van der Waals surface area contributed by atoms with Crippen molar-refractivity contribution < 1.29 is 13.2 Å². The number of piperazine rings is 1. The third-order valence-corrected chi connectivity index (χ3v) is 8.83. The molecule has 0 aromatic heterocycles. The molecule has 1 aromatic rings. The second-order valence-electron chi connectivity index (χ2n) is 8.35. The number of sulfonamides is 1. The Kier molecular flexibility index (Phi) is 5.90. The highest BCUT2D eigenvalue weighted by Crippen LogP contribution is 2.32. The van der Waals surface area contributed by atoms with Crippen LogP contribution in [0.4, 0.5) is 0 Å². The molecule has 0 spiro atoms. The van der Waals surface area contributed by atoms with Gasteiger partial charge in [0.2, 0.25) is 15.9 Å². The van der Waals surface area contributed by atoms with Crippen molar-refractivity contribution in [3.63, 3.8) is 0 Å². The SMILES string of the molecule is Cc1c(C)c(C)c(S(=O)(=O)N2CCN([C@@H](C)C(=O)NC3CC3)CC2)c(C)c1C. The van der Waals surface area contributed by atoms with E-state index in [1.165, 1.54) is 0 Å². The lowest BCUT2D eigenvalue weighted by Crippen LogP contribution is -2.55. The number of benzene rings is 1. The average molecular weight is 408 g/mol. The van der Waals surface area contributed by atoms with E-state index < -0.39 is 10.0 Å². The molecule has 1 amide bonds. The van der Waals surface area contributed by atoms with Gasteiger partial charge in [0.1, 0.15) is 0 Å². The van der Waals surface area contributed by atoms with Crippen molar-refractivity contribution in [2.45, 2.75) is 71.4 Å². The molecule has 1 aliphatic carbocycles. The number of hydrogen-bond donors (Lipinski definition) is 1. The van der Waals surface area contributed by atoms with E-state index in [-0.39, 0.29) is 11.9 Å². The van der Waals surface area contributed by atoms with Crippen molar-refractivity contribution >= 4 is 15.9 Å². The van der Waals surface area contributed by atoms with Crippen LogP contribution in [-0.2, 0) is 14.8 Å². The number of carbonyl (C=O) groups is 1. The Morgan fingerprint density at radius 1 is 0.893 bits per heavy atom. The molecule has 1 aliphatic heterocycles. The summed E-state index contributed by atoms with van der Waals surface area (Å²) in [6, 6.07) is 0.119. The fraction of sp³-hybridized carbons (Fsp3) is 0.667. The molecule has 156 valence electrons. The van der Waals surface area contributed by atoms with Crippen LogP contribution < -0.4 is 5.32 Å². The number of hydrogen-bond acceptors (Lipinski definition) is 4. The molecule has 1 saturated carbocycles. The third-order valence-electron chi connectivity index (χ3n) is 6.65. The van der Waals surface area contributed by atoms with Crippen LogP contribution in [0.15, 0.2) is 4.90 Å². The smallest absolute Gasteiger partial charge is 0.243 e. The van der Waals surface area contributed by atoms with Gasteiger partial charge in [0.15, 0.2) is 0 Å². The number of amides is 1. The molecular formula is C21H33N3O3S. The van der Waals surface area contributed by atoms with E-state index in [4.69, 9.17) is 0 Å². The van der Waals surface area contributed by atoms with Gasteiger partial charge in [-0.05, 0) is 82.2 Å². The van der Waals surface area contributed by atoms with Crippen molar-refractivity contribution in [3.8, 4) is 0 Å². The predicted molar refractivity (Wildman–Crippen MR) is 111 cm³/mol. The second-order valence-corrected chi connectivity index (χ2v) is 10.2. The molecular weight excluding hydrogens is 374 g/mol. The van der Waals surface area contributed by atoms with E-state index in [0.717, 1.165) is 40.7 Å². The lowest BCUT2D eigenvalue weighted by atomic mass is 9.95. The van der Waals surface area contributed by atoms with Crippen LogP contribution in [0, 0.1) is 34.6 Å². The summed E-state index contributed by atoms with van der Waals surface area (Å²) < 4.78 is 28.5. The van der Waals surface area contributed by atoms with Crippen LogP contribution in [0.3, 0.4) is 0 Å². The first kappa shape index (κ1) is 21.3. The van der Waals surface area contributed by atoms with Crippen LogP contribution >= 0.6 is 0 Å². The van der Waals surface area contributed by atoms with Crippen LogP contribution in [0.2, 0.25) is 0 Å². The van der Waals surface area contributed by atoms with Crippen LogP contribution in [0.1, 0.15) is 47.6 Å². The molecule has 0 radical (unpaired) electrons. The molecule has 3 rings (SSSR count). The summed E-state index contributed by atoms with van der Waals surface area (Å²) in [5.41, 5.74) is 4.95. The van der Waals surface area contributed by atoms with Crippen LogP contribution in [0.5, 0.6) is 0 Å². The van der Waals surface area contributed by atoms with Gasteiger partial charge in [-0.2, -0.15) is 4.31 Å². The third kappa shape index (κ3) is 3.84. The van der Waals surface area contributed by atoms with E-state index in [1.807, 2.05) is 41.5 Å². The monoisotopic (exact) mass is 407 g/mol. The molecule has 2 fully saturated rings. The van der Waals surface area contributed by atoms with Gasteiger partial charge in [-0.1, -0.05) is 0 Å². The maximum absolute atomic E-state index is 13.4. The molecule has 0 bridgehead atoms. The van der Waals surface area contributed by atoms with Crippen molar-refractivity contribution in [1.29, 1.82) is 0 Å². The summed E-state index contributed by atoms with van der Waals surface area (Å²) in [5, 5.41) is 3.04. The maximum atomic E-state index is 13.4. The first-order valence-electron chi connectivity index (χ1n) is 10.2. The summed E-state index contributed by atoms with van der Waals surface area (Å²) >= 11 is 0. The quantitative estimate of drug-likeness (QED) is 0.812. The number of carbonyl (C=O) groups excluding carboxylic acids is 1. The minimum atomic E-state index is -3.56. The Bertz CT molecular complexity index is 854. The van der Waals surface area contributed by atoms with Gasteiger partial charge >= 0.3 is 0 Å². The summed E-state index contributed by atoms with van der Waals surface area (Å²) in [7, 11) is -3.56. The minimum absolute atomic E-state index is 0.0512. The lowest BCUT2D eigenvalue weighted by molar-refractivity contribution is -0.126. The van der Waals surface area contributed by atoms with E-state index in [1.54, 1.807) is 4.31 Å². The molecule has 1 aromatic carbocycles. The highest BCUT2D eigenvalue weighted by molar-refractivity contribution is 7.89. The molecule has 28 heavy (non-hydrogen) atoms. The Morgan fingerprint density at radius 2 is 1.36 bits per heavy atom. The largest absolute Gasteiger partial charge is 0.352 e. The van der Waals surface area contributed by atoms with Crippen molar-refractivity contribution in [1.82, 2.24) is 14.5 Å². The summed E-state index contributed by atoms with van der Waals surface area (Å²) in [4.78, 5) is 14.8. The molecule has 0 unspecified atom stereocenters. The standard InChI is InChI=1S/C21H33N3O3S/c1-13-14(2)16(4)20(17(5)15(13)3)28(26,27)24-11-9-23(10-12-24)18(6)21(25)22-19-7-8-19/h18-19H,7-12H2,1-6H3,(H,22,25)/t18-/m0/s1. The first-order valence-corrected chi connectivity index (χ1v) is 11.6. The molecule has 2 aliphatic rings. The number of rotatable bonds is 5. The number of nitrogens with zero attached hydrogens (tertiary/aromatic N) is 2. The van der Waals surface area contributed by atoms with E-state index >= 15 is 0 Å². The Balaban J connectivity index is 1.76. The Labute approximate surface area is 169 Å². The fourth-order valence-electron chi connectivity index (χ4n) is 4.03. The van der Waals surface area contributed by atoms with Gasteiger partial charge in [0, 0.05) is 32.2 Å². The van der Waals surface area contributed by atoms with Gasteiger partial charge in [-0.15, -0.1) is 0 Å². The highest BCUT2D eigenvalue weighted by Gasteiger charge is 2.35. The van der Waals surface area contributed by atoms with E-state index in [9.17, 15) is 13.2 Å². The highest BCUT2D eigenvalue weighted by atomic mass is 32.2. The zero-order valence-electron chi connectivity index (χ0n) is 17.9. The Morgan fingerprint density at radius 3 is 1.82 bits per heavy atom. The molecule has 1 heterocycles. The average Bonchev–Trinajstić information content (AvgIpc) is 3.48. The molecule has 6 nitrogen and oxygen atoms in total. The van der Waals surface area contributed by atoms with Crippen LogP contribution in [-0.4, -0.2) is 61.8 Å². The summed E-state index contributed by atoms with van der Waals surface area (Å²) in [6.07, 6.45) is 2.14. The maximum Gasteiger partial charge on any atom is 0.243 e. The summed E-state index contributed by atoms with van der Waals surface area (Å²) in [5.74, 6) is 0.0512. The van der Waals surface area contributed by atoms with Gasteiger partial charge in [-0.25, -0.2) is 8.42 Å². The lowest BCUT2D eigenvalue weighted by Gasteiger charge is -2.37. The van der Waals surface area contributed by atoms with Crippen molar-refractivity contribution in [2.75, 3.05) is 26.2 Å². The van der Waals surface area contributed by atoms with E-state index in [2.05, 4.69) is 10.2 Å². The minimum Gasteiger partial charge on any atom is -0.352 e. The zero-order chi connectivity index (χ0) is 20.8. The summed E-state index contributed by atoms with van der Waals surface area (Å²) in [6.45, 7) is 13.7. The molecule has 7 heteroatoms. The normalized spacial score (nSPS) is 20.2. The van der Waals surface area contributed by atoms with Crippen molar-refractivity contribution in [2.24, 2.45) is 0 Å². The number of nitrogens with one attached hydrogen (secondary N) is 1. The van der Waals surface area contributed by atoms with Crippen LogP contribution in [0.25, 0.3) is 0 Å². The van der Waals surface area contributed by atoms with Gasteiger partial charge in [-0.3, -0.25) is 9.69 Å². The second kappa shape index (κ2) is 7.76.